The number of benzene rings is 1. The highest BCUT2D eigenvalue weighted by atomic mass is 16.3. The molecule has 1 rings (SSSR count). The van der Waals surface area contributed by atoms with Crippen LogP contribution in [0.5, 0.6) is 0 Å². The van der Waals surface area contributed by atoms with E-state index in [0.717, 1.165) is 5.56 Å². The monoisotopic (exact) mass is 165 g/mol. The third-order valence-electron chi connectivity index (χ3n) is 1.69. The Bertz CT molecular complexity index is 248. The standard InChI is InChI=1S/C9H11NO2/c10-9(8(12)6-11)7-4-2-1-3-5-7/h1-6,8-9,12H,10H2/t8?,9-/m1/s1. The van der Waals surface area contributed by atoms with Gasteiger partial charge in [0.05, 0.1) is 6.04 Å². The van der Waals surface area contributed by atoms with Crippen molar-refractivity contribution in [2.24, 2.45) is 5.73 Å². The topological polar surface area (TPSA) is 63.3 Å². The van der Waals surface area contributed by atoms with Crippen LogP contribution in [0.25, 0.3) is 0 Å². The van der Waals surface area contributed by atoms with Crippen LogP contribution in [0.2, 0.25) is 0 Å². The Hall–Kier alpha value is -1.19. The second kappa shape index (κ2) is 3.99. The second-order valence-corrected chi connectivity index (χ2v) is 2.56. The van der Waals surface area contributed by atoms with Crippen molar-refractivity contribution in [1.82, 2.24) is 0 Å². The number of carbonyl (C=O) groups excluding carboxylic acids is 1. The number of aliphatic hydroxyl groups excluding tert-OH is 1. The summed E-state index contributed by atoms with van der Waals surface area (Å²) in [5.41, 5.74) is 6.33. The molecule has 0 amide bonds. The van der Waals surface area contributed by atoms with Crippen LogP contribution in [-0.2, 0) is 4.79 Å². The maximum absolute atomic E-state index is 10.2. The van der Waals surface area contributed by atoms with E-state index in [1.54, 1.807) is 12.1 Å². The average Bonchev–Trinajstić information content (AvgIpc) is 2.17. The zero-order valence-electron chi connectivity index (χ0n) is 6.55. The molecule has 1 aromatic rings. The molecular weight excluding hydrogens is 154 g/mol. The van der Waals surface area contributed by atoms with Gasteiger partial charge in [-0.2, -0.15) is 0 Å². The van der Waals surface area contributed by atoms with E-state index in [1.807, 2.05) is 18.2 Å². The van der Waals surface area contributed by atoms with Gasteiger partial charge < -0.3 is 15.6 Å². The molecule has 3 heteroatoms. The fourth-order valence-electron chi connectivity index (χ4n) is 0.957. The molecular formula is C9H11NO2. The minimum absolute atomic E-state index is 0.442. The molecule has 0 fully saturated rings. The predicted octanol–water partition coefficient (Wildman–Crippen LogP) is 0.246. The van der Waals surface area contributed by atoms with Crippen LogP contribution < -0.4 is 5.73 Å². The van der Waals surface area contributed by atoms with E-state index in [-0.39, 0.29) is 0 Å². The first-order valence-electron chi connectivity index (χ1n) is 3.69. The molecule has 0 spiro atoms. The van der Waals surface area contributed by atoms with Crippen LogP contribution in [0.15, 0.2) is 30.3 Å². The smallest absolute Gasteiger partial charge is 0.150 e. The summed E-state index contributed by atoms with van der Waals surface area (Å²) in [5, 5.41) is 9.09. The Morgan fingerprint density at radius 1 is 1.33 bits per heavy atom. The van der Waals surface area contributed by atoms with Gasteiger partial charge in [0, 0.05) is 0 Å². The molecule has 0 radical (unpaired) electrons. The van der Waals surface area contributed by atoms with Gasteiger partial charge in [-0.15, -0.1) is 0 Å². The summed E-state index contributed by atoms with van der Waals surface area (Å²) in [7, 11) is 0. The first-order chi connectivity index (χ1) is 5.75. The second-order valence-electron chi connectivity index (χ2n) is 2.56. The fourth-order valence-corrected chi connectivity index (χ4v) is 0.957. The van der Waals surface area contributed by atoms with Crippen molar-refractivity contribution < 1.29 is 9.90 Å². The zero-order chi connectivity index (χ0) is 8.97. The van der Waals surface area contributed by atoms with Gasteiger partial charge in [0.1, 0.15) is 12.4 Å². The number of carbonyl (C=O) groups is 1. The summed E-state index contributed by atoms with van der Waals surface area (Å²) >= 11 is 0. The largest absolute Gasteiger partial charge is 0.384 e. The lowest BCUT2D eigenvalue weighted by Gasteiger charge is -2.13. The van der Waals surface area contributed by atoms with E-state index in [2.05, 4.69) is 0 Å². The number of aldehydes is 1. The van der Waals surface area contributed by atoms with Gasteiger partial charge in [-0.05, 0) is 5.56 Å². The minimum atomic E-state index is -1.12. The molecule has 2 atom stereocenters. The van der Waals surface area contributed by atoms with E-state index in [1.165, 1.54) is 0 Å². The Morgan fingerprint density at radius 2 is 1.92 bits per heavy atom. The zero-order valence-corrected chi connectivity index (χ0v) is 6.55. The van der Waals surface area contributed by atoms with E-state index < -0.39 is 12.1 Å². The molecule has 0 bridgehead atoms. The van der Waals surface area contributed by atoms with Crippen molar-refractivity contribution in [3.8, 4) is 0 Å². The molecule has 0 aliphatic heterocycles. The number of rotatable bonds is 3. The van der Waals surface area contributed by atoms with Crippen LogP contribution in [0.4, 0.5) is 0 Å². The maximum Gasteiger partial charge on any atom is 0.150 e. The highest BCUT2D eigenvalue weighted by Gasteiger charge is 2.14. The molecule has 3 nitrogen and oxygen atoms in total. The molecule has 0 heterocycles. The fraction of sp³-hybridized carbons (Fsp3) is 0.222. The number of nitrogens with two attached hydrogens (primary N) is 1. The van der Waals surface area contributed by atoms with Crippen LogP contribution in [0.1, 0.15) is 11.6 Å². The Balaban J connectivity index is 2.78. The molecule has 3 N–H and O–H groups in total. The number of hydrogen-bond acceptors (Lipinski definition) is 3. The summed E-state index contributed by atoms with van der Waals surface area (Å²) in [4.78, 5) is 10.2. The molecule has 0 aliphatic carbocycles. The Labute approximate surface area is 70.8 Å². The third-order valence-corrected chi connectivity index (χ3v) is 1.69. The number of aliphatic hydroxyl groups is 1. The van der Waals surface area contributed by atoms with Gasteiger partial charge in [0.15, 0.2) is 0 Å². The van der Waals surface area contributed by atoms with Crippen molar-refractivity contribution >= 4 is 6.29 Å². The first kappa shape index (κ1) is 8.90. The van der Waals surface area contributed by atoms with E-state index >= 15 is 0 Å². The molecule has 0 aromatic heterocycles. The molecule has 64 valence electrons. The molecule has 0 saturated carbocycles. The summed E-state index contributed by atoms with van der Waals surface area (Å²) in [5.74, 6) is 0. The summed E-state index contributed by atoms with van der Waals surface area (Å²) in [6, 6.07) is 8.40. The summed E-state index contributed by atoms with van der Waals surface area (Å²) in [6.45, 7) is 0. The van der Waals surface area contributed by atoms with Crippen molar-refractivity contribution in [3.05, 3.63) is 35.9 Å². The average molecular weight is 165 g/mol. The van der Waals surface area contributed by atoms with Gasteiger partial charge in [-0.25, -0.2) is 0 Å². The third kappa shape index (κ3) is 1.90. The van der Waals surface area contributed by atoms with Crippen LogP contribution in [0.3, 0.4) is 0 Å². The van der Waals surface area contributed by atoms with Gasteiger partial charge in [-0.1, -0.05) is 30.3 Å². The van der Waals surface area contributed by atoms with E-state index in [4.69, 9.17) is 10.8 Å². The lowest BCUT2D eigenvalue weighted by Crippen LogP contribution is -2.27. The van der Waals surface area contributed by atoms with E-state index in [9.17, 15) is 4.79 Å². The van der Waals surface area contributed by atoms with Crippen molar-refractivity contribution in [1.29, 1.82) is 0 Å². The SMILES string of the molecule is N[C@H](c1ccccc1)C(O)C=O. The van der Waals surface area contributed by atoms with Crippen LogP contribution in [0, 0.1) is 0 Å². The molecule has 0 saturated heterocycles. The molecule has 0 aliphatic rings. The number of hydrogen-bond donors (Lipinski definition) is 2. The molecule has 1 aromatic carbocycles. The minimum Gasteiger partial charge on any atom is -0.384 e. The highest BCUT2D eigenvalue weighted by Crippen LogP contribution is 2.11. The summed E-state index contributed by atoms with van der Waals surface area (Å²) < 4.78 is 0. The van der Waals surface area contributed by atoms with E-state index in [0.29, 0.717) is 6.29 Å². The van der Waals surface area contributed by atoms with Gasteiger partial charge in [-0.3, -0.25) is 0 Å². The van der Waals surface area contributed by atoms with Crippen LogP contribution in [-0.4, -0.2) is 17.5 Å². The van der Waals surface area contributed by atoms with Gasteiger partial charge >= 0.3 is 0 Å². The maximum atomic E-state index is 10.2. The molecule has 1 unspecified atom stereocenters. The van der Waals surface area contributed by atoms with Crippen molar-refractivity contribution in [2.75, 3.05) is 0 Å². The van der Waals surface area contributed by atoms with Gasteiger partial charge in [0.25, 0.3) is 0 Å². The van der Waals surface area contributed by atoms with Crippen molar-refractivity contribution in [3.63, 3.8) is 0 Å². The highest BCUT2D eigenvalue weighted by molar-refractivity contribution is 5.57. The molecule has 12 heavy (non-hydrogen) atoms. The summed E-state index contributed by atoms with van der Waals surface area (Å²) in [6.07, 6.45) is -0.676. The lowest BCUT2D eigenvalue weighted by atomic mass is 10.0. The van der Waals surface area contributed by atoms with Crippen LogP contribution >= 0.6 is 0 Å². The Morgan fingerprint density at radius 3 is 2.42 bits per heavy atom. The Kier molecular flexibility index (Phi) is 2.96. The normalized spacial score (nSPS) is 15.2. The quantitative estimate of drug-likeness (QED) is 0.631. The predicted molar refractivity (Wildman–Crippen MR) is 45.4 cm³/mol. The lowest BCUT2D eigenvalue weighted by molar-refractivity contribution is -0.115. The first-order valence-corrected chi connectivity index (χ1v) is 3.69. The van der Waals surface area contributed by atoms with Gasteiger partial charge in [0.2, 0.25) is 0 Å². The van der Waals surface area contributed by atoms with Crippen molar-refractivity contribution in [2.45, 2.75) is 12.1 Å².